The Labute approximate surface area is 119 Å². The third kappa shape index (κ3) is 3.43. The molecule has 106 valence electrons. The molecule has 0 radical (unpaired) electrons. The number of hydrogen-bond acceptors (Lipinski definition) is 5. The van der Waals surface area contributed by atoms with E-state index in [1.165, 1.54) is 24.9 Å². The number of aromatic nitrogens is 2. The Balaban J connectivity index is 2.39. The SMILES string of the molecule is COCc1nc(SCCC(=O)O)c2c(F)cccc2n1. The van der Waals surface area contributed by atoms with Gasteiger partial charge in [-0.15, -0.1) is 11.8 Å². The molecule has 20 heavy (non-hydrogen) atoms. The molecule has 0 aliphatic rings. The highest BCUT2D eigenvalue weighted by molar-refractivity contribution is 7.99. The molecule has 0 amide bonds. The molecule has 2 aromatic rings. The van der Waals surface area contributed by atoms with Gasteiger partial charge >= 0.3 is 5.97 Å². The van der Waals surface area contributed by atoms with E-state index >= 15 is 0 Å². The number of halogens is 1. The minimum absolute atomic E-state index is 0.00970. The molecule has 0 aliphatic heterocycles. The summed E-state index contributed by atoms with van der Waals surface area (Å²) in [5.74, 6) is -0.538. The van der Waals surface area contributed by atoms with Gasteiger partial charge in [0.05, 0.1) is 17.3 Å². The van der Waals surface area contributed by atoms with Gasteiger partial charge in [-0.3, -0.25) is 4.79 Å². The highest BCUT2D eigenvalue weighted by Gasteiger charge is 2.12. The van der Waals surface area contributed by atoms with Gasteiger partial charge in [-0.1, -0.05) is 6.07 Å². The maximum absolute atomic E-state index is 13.9. The number of carboxylic acid groups (broad SMARTS) is 1. The molecule has 0 bridgehead atoms. The molecule has 2 rings (SSSR count). The standard InChI is InChI=1S/C13H13FN2O3S/c1-19-7-10-15-9-4-2-3-8(14)12(9)13(16-10)20-6-5-11(17)18/h2-4H,5-7H2,1H3,(H,17,18). The molecule has 1 aromatic carbocycles. The van der Waals surface area contributed by atoms with E-state index in [-0.39, 0.29) is 13.0 Å². The van der Waals surface area contributed by atoms with Crippen molar-refractivity contribution in [1.29, 1.82) is 0 Å². The van der Waals surface area contributed by atoms with Gasteiger partial charge in [0, 0.05) is 12.9 Å². The Kier molecular flexibility index (Phi) is 4.86. The van der Waals surface area contributed by atoms with Crippen LogP contribution >= 0.6 is 11.8 Å². The van der Waals surface area contributed by atoms with Crippen molar-refractivity contribution in [2.75, 3.05) is 12.9 Å². The molecule has 1 aromatic heterocycles. The van der Waals surface area contributed by atoms with E-state index in [9.17, 15) is 9.18 Å². The second kappa shape index (κ2) is 6.62. The third-order valence-electron chi connectivity index (χ3n) is 2.51. The highest BCUT2D eigenvalue weighted by Crippen LogP contribution is 2.28. The van der Waals surface area contributed by atoms with Crippen molar-refractivity contribution in [1.82, 2.24) is 9.97 Å². The molecule has 0 fully saturated rings. The summed E-state index contributed by atoms with van der Waals surface area (Å²) < 4.78 is 18.9. The maximum Gasteiger partial charge on any atom is 0.304 e. The van der Waals surface area contributed by atoms with Gasteiger partial charge < -0.3 is 9.84 Å². The zero-order valence-corrected chi connectivity index (χ0v) is 11.6. The summed E-state index contributed by atoms with van der Waals surface area (Å²) in [6.45, 7) is 0.221. The smallest absolute Gasteiger partial charge is 0.304 e. The Morgan fingerprint density at radius 3 is 2.95 bits per heavy atom. The average Bonchev–Trinajstić information content (AvgIpc) is 2.38. The van der Waals surface area contributed by atoms with Crippen LogP contribution in [-0.2, 0) is 16.1 Å². The van der Waals surface area contributed by atoms with Crippen molar-refractivity contribution in [3.8, 4) is 0 Å². The first-order valence-electron chi connectivity index (χ1n) is 5.90. The summed E-state index contributed by atoms with van der Waals surface area (Å²) in [6.07, 6.45) is -0.00970. The van der Waals surface area contributed by atoms with Crippen molar-refractivity contribution >= 4 is 28.6 Å². The second-order valence-corrected chi connectivity index (χ2v) is 5.09. The van der Waals surface area contributed by atoms with Crippen LogP contribution in [0.5, 0.6) is 0 Å². The van der Waals surface area contributed by atoms with E-state index in [1.807, 2.05) is 0 Å². The van der Waals surface area contributed by atoms with Gasteiger partial charge in [0.1, 0.15) is 17.5 Å². The summed E-state index contributed by atoms with van der Waals surface area (Å²) in [7, 11) is 1.52. The number of methoxy groups -OCH3 is 1. The fourth-order valence-corrected chi connectivity index (χ4v) is 2.67. The molecule has 1 heterocycles. The predicted octanol–water partition coefficient (Wildman–Crippen LogP) is 2.48. The van der Waals surface area contributed by atoms with Gasteiger partial charge in [0.2, 0.25) is 0 Å². The minimum Gasteiger partial charge on any atom is -0.481 e. The second-order valence-electron chi connectivity index (χ2n) is 4.00. The van der Waals surface area contributed by atoms with Gasteiger partial charge in [-0.05, 0) is 12.1 Å². The van der Waals surface area contributed by atoms with E-state index in [1.54, 1.807) is 12.1 Å². The molecule has 5 nitrogen and oxygen atoms in total. The third-order valence-corrected chi connectivity index (χ3v) is 3.49. The van der Waals surface area contributed by atoms with E-state index < -0.39 is 11.8 Å². The van der Waals surface area contributed by atoms with Crippen LogP contribution in [0.4, 0.5) is 4.39 Å². The van der Waals surface area contributed by atoms with Crippen molar-refractivity contribution in [3.63, 3.8) is 0 Å². The number of nitrogens with zero attached hydrogens (tertiary/aromatic N) is 2. The van der Waals surface area contributed by atoms with Crippen molar-refractivity contribution in [2.24, 2.45) is 0 Å². The van der Waals surface area contributed by atoms with E-state index in [0.29, 0.717) is 27.5 Å². The first-order valence-corrected chi connectivity index (χ1v) is 6.89. The topological polar surface area (TPSA) is 72.3 Å². The Bertz CT molecular complexity index is 636. The van der Waals surface area contributed by atoms with Crippen LogP contribution < -0.4 is 0 Å². The largest absolute Gasteiger partial charge is 0.481 e. The first kappa shape index (κ1) is 14.7. The fraction of sp³-hybridized carbons (Fsp3) is 0.308. The van der Waals surface area contributed by atoms with Crippen LogP contribution in [0.3, 0.4) is 0 Å². The normalized spacial score (nSPS) is 10.9. The number of carbonyl (C=O) groups is 1. The lowest BCUT2D eigenvalue weighted by atomic mass is 10.2. The lowest BCUT2D eigenvalue weighted by molar-refractivity contribution is -0.136. The lowest BCUT2D eigenvalue weighted by Crippen LogP contribution is -2.02. The number of aliphatic carboxylic acids is 1. The monoisotopic (exact) mass is 296 g/mol. The molecule has 0 saturated heterocycles. The first-order chi connectivity index (χ1) is 9.61. The molecule has 7 heteroatoms. The van der Waals surface area contributed by atoms with Crippen LogP contribution in [0.2, 0.25) is 0 Å². The van der Waals surface area contributed by atoms with Gasteiger partial charge in [0.15, 0.2) is 5.82 Å². The van der Waals surface area contributed by atoms with Crippen molar-refractivity contribution in [3.05, 3.63) is 29.8 Å². The summed E-state index contributed by atoms with van der Waals surface area (Å²) >= 11 is 1.20. The van der Waals surface area contributed by atoms with E-state index in [4.69, 9.17) is 9.84 Å². The number of thioether (sulfide) groups is 1. The molecule has 0 unspecified atom stereocenters. The van der Waals surface area contributed by atoms with Gasteiger partial charge in [-0.25, -0.2) is 14.4 Å². The van der Waals surface area contributed by atoms with Crippen LogP contribution in [-0.4, -0.2) is 33.9 Å². The van der Waals surface area contributed by atoms with Crippen molar-refractivity contribution in [2.45, 2.75) is 18.1 Å². The molecule has 0 atom stereocenters. The van der Waals surface area contributed by atoms with Gasteiger partial charge in [-0.2, -0.15) is 0 Å². The summed E-state index contributed by atoms with van der Waals surface area (Å²) in [5.41, 5.74) is 0.491. The lowest BCUT2D eigenvalue weighted by Gasteiger charge is -2.08. The highest BCUT2D eigenvalue weighted by atomic mass is 32.2. The number of fused-ring (bicyclic) bond motifs is 1. The van der Waals surface area contributed by atoms with Gasteiger partial charge in [0.25, 0.3) is 0 Å². The molecule has 1 N–H and O–H groups in total. The Morgan fingerprint density at radius 2 is 2.25 bits per heavy atom. The maximum atomic E-state index is 13.9. The zero-order valence-electron chi connectivity index (χ0n) is 10.8. The molecular formula is C13H13FN2O3S. The fourth-order valence-electron chi connectivity index (χ4n) is 1.69. The van der Waals surface area contributed by atoms with Crippen LogP contribution in [0, 0.1) is 5.82 Å². The Morgan fingerprint density at radius 1 is 1.45 bits per heavy atom. The number of benzene rings is 1. The van der Waals surface area contributed by atoms with Crippen LogP contribution in [0.1, 0.15) is 12.2 Å². The Hall–Kier alpha value is -1.73. The number of carboxylic acids is 1. The number of ether oxygens (including phenoxy) is 1. The molecular weight excluding hydrogens is 283 g/mol. The summed E-state index contributed by atoms with van der Waals surface area (Å²) in [5, 5.41) is 9.43. The number of hydrogen-bond donors (Lipinski definition) is 1. The summed E-state index contributed by atoms with van der Waals surface area (Å²) in [4.78, 5) is 19.0. The molecule has 0 aliphatic carbocycles. The van der Waals surface area contributed by atoms with Crippen LogP contribution in [0.25, 0.3) is 10.9 Å². The van der Waals surface area contributed by atoms with E-state index in [0.717, 1.165) is 0 Å². The number of rotatable bonds is 6. The van der Waals surface area contributed by atoms with E-state index in [2.05, 4.69) is 9.97 Å². The quantitative estimate of drug-likeness (QED) is 0.652. The minimum atomic E-state index is -0.895. The predicted molar refractivity (Wildman–Crippen MR) is 73.2 cm³/mol. The van der Waals surface area contributed by atoms with Crippen molar-refractivity contribution < 1.29 is 19.0 Å². The summed E-state index contributed by atoms with van der Waals surface area (Å²) in [6, 6.07) is 4.61. The van der Waals surface area contributed by atoms with Crippen LogP contribution in [0.15, 0.2) is 23.2 Å². The average molecular weight is 296 g/mol. The molecule has 0 spiro atoms. The zero-order chi connectivity index (χ0) is 14.5. The molecule has 0 saturated carbocycles.